The maximum Gasteiger partial charge on any atom is 0.314 e. The average Bonchev–Trinajstić information content (AvgIpc) is 2.29. The molecule has 0 aliphatic carbocycles. The summed E-state index contributed by atoms with van der Waals surface area (Å²) in [6.07, 6.45) is -4.68. The lowest BCUT2D eigenvalue weighted by molar-refractivity contribution is -0.386. The number of nitro groups is 1. The number of carbonyl (C=O) groups is 1. The van der Waals surface area contributed by atoms with E-state index >= 15 is 0 Å². The Balaban J connectivity index is 3.19. The molecule has 0 saturated heterocycles. The number of nitro benzene ring substituents is 1. The van der Waals surface area contributed by atoms with Crippen LogP contribution < -0.4 is 0 Å². The monoisotopic (exact) mass is 275 g/mol. The van der Waals surface area contributed by atoms with Gasteiger partial charge in [-0.3, -0.25) is 14.9 Å². The fraction of sp³-hybridized carbons (Fsp3) is 0.300. The van der Waals surface area contributed by atoms with Gasteiger partial charge >= 0.3 is 11.7 Å². The third kappa shape index (κ3) is 3.36. The van der Waals surface area contributed by atoms with Crippen molar-refractivity contribution in [1.82, 2.24) is 0 Å². The van der Waals surface area contributed by atoms with Crippen molar-refractivity contribution >= 4 is 11.7 Å². The summed E-state index contributed by atoms with van der Waals surface area (Å²) in [5, 5.41) is 47.4. The second-order valence-electron chi connectivity index (χ2n) is 3.73. The van der Waals surface area contributed by atoms with Gasteiger partial charge in [-0.2, -0.15) is 0 Å². The number of aromatic hydroxyl groups is 1. The summed E-state index contributed by atoms with van der Waals surface area (Å²) in [6.45, 7) is 0. The number of hydrogen-bond acceptors (Lipinski definition) is 6. The zero-order chi connectivity index (χ0) is 14.7. The molecule has 2 unspecified atom stereocenters. The highest BCUT2D eigenvalue weighted by Crippen LogP contribution is 2.36. The van der Waals surface area contributed by atoms with E-state index in [1.807, 2.05) is 0 Å². The van der Waals surface area contributed by atoms with E-state index in [1.165, 1.54) is 0 Å². The molecule has 0 aliphatic rings. The Hall–Kier alpha value is -2.26. The Morgan fingerprint density at radius 3 is 2.47 bits per heavy atom. The standard InChI is InChI=1S/C10H10FNO7/c11-4-1-5(9(16)6(2-4)12(18)19)10(17)7(13)3-8(14)15/h1-2,7,10,13,16-17H,3H2,(H,14,15). The zero-order valence-corrected chi connectivity index (χ0v) is 9.36. The van der Waals surface area contributed by atoms with Gasteiger partial charge in [0.1, 0.15) is 11.9 Å². The van der Waals surface area contributed by atoms with Crippen molar-refractivity contribution in [3.05, 3.63) is 33.6 Å². The number of halogens is 1. The SMILES string of the molecule is O=C(O)CC(O)C(O)c1cc(F)cc([N+](=O)[O-])c1O. The highest BCUT2D eigenvalue weighted by atomic mass is 19.1. The number of nitrogens with zero attached hydrogens (tertiary/aromatic N) is 1. The number of carboxylic acid groups (broad SMARTS) is 1. The minimum Gasteiger partial charge on any atom is -0.502 e. The van der Waals surface area contributed by atoms with Crippen LogP contribution in [0, 0.1) is 15.9 Å². The summed E-state index contributed by atoms with van der Waals surface area (Å²) in [6, 6.07) is 1.02. The zero-order valence-electron chi connectivity index (χ0n) is 9.36. The van der Waals surface area contributed by atoms with E-state index in [0.717, 1.165) is 0 Å². The van der Waals surface area contributed by atoms with Crippen molar-refractivity contribution in [2.24, 2.45) is 0 Å². The first kappa shape index (κ1) is 14.8. The Labute approximate surface area is 105 Å². The molecule has 0 saturated carbocycles. The molecule has 4 N–H and O–H groups in total. The van der Waals surface area contributed by atoms with Crippen LogP contribution in [-0.4, -0.2) is 37.4 Å². The van der Waals surface area contributed by atoms with E-state index in [-0.39, 0.29) is 0 Å². The van der Waals surface area contributed by atoms with Crippen molar-refractivity contribution in [2.45, 2.75) is 18.6 Å². The summed E-state index contributed by atoms with van der Waals surface area (Å²) in [5.41, 5.74) is -1.64. The summed E-state index contributed by atoms with van der Waals surface area (Å²) in [7, 11) is 0. The molecule has 104 valence electrons. The molecule has 0 amide bonds. The van der Waals surface area contributed by atoms with Crippen molar-refractivity contribution in [2.75, 3.05) is 0 Å². The van der Waals surface area contributed by atoms with E-state index in [2.05, 4.69) is 0 Å². The van der Waals surface area contributed by atoms with Crippen molar-refractivity contribution in [1.29, 1.82) is 0 Å². The molecule has 0 fully saturated rings. The van der Waals surface area contributed by atoms with Crippen LogP contribution in [0.1, 0.15) is 18.1 Å². The number of carboxylic acids is 1. The first-order valence-electron chi connectivity index (χ1n) is 4.98. The van der Waals surface area contributed by atoms with Gasteiger partial charge in [0.2, 0.25) is 5.75 Å². The second-order valence-corrected chi connectivity index (χ2v) is 3.73. The molecule has 0 aliphatic heterocycles. The topological polar surface area (TPSA) is 141 Å². The predicted octanol–water partition coefficient (Wildman–Crippen LogP) is 0.309. The van der Waals surface area contributed by atoms with Gasteiger partial charge in [-0.05, 0) is 6.07 Å². The summed E-state index contributed by atoms with van der Waals surface area (Å²) in [4.78, 5) is 19.8. The van der Waals surface area contributed by atoms with Crippen LogP contribution in [-0.2, 0) is 4.79 Å². The quantitative estimate of drug-likeness (QED) is 0.447. The first-order valence-corrected chi connectivity index (χ1v) is 4.98. The van der Waals surface area contributed by atoms with Gasteiger partial charge in [0.25, 0.3) is 0 Å². The highest BCUT2D eigenvalue weighted by molar-refractivity contribution is 5.67. The maximum atomic E-state index is 13.1. The second kappa shape index (κ2) is 5.59. The Morgan fingerprint density at radius 2 is 2.00 bits per heavy atom. The Kier molecular flexibility index (Phi) is 4.35. The van der Waals surface area contributed by atoms with Crippen LogP contribution in [0.25, 0.3) is 0 Å². The largest absolute Gasteiger partial charge is 0.502 e. The third-order valence-corrected chi connectivity index (χ3v) is 2.35. The minimum atomic E-state index is -1.97. The van der Waals surface area contributed by atoms with E-state index < -0.39 is 52.3 Å². The predicted molar refractivity (Wildman–Crippen MR) is 57.9 cm³/mol. The molecule has 0 heterocycles. The van der Waals surface area contributed by atoms with E-state index in [0.29, 0.717) is 12.1 Å². The van der Waals surface area contributed by atoms with Crippen LogP contribution in [0.15, 0.2) is 12.1 Å². The van der Waals surface area contributed by atoms with Gasteiger partial charge in [-0.1, -0.05) is 0 Å². The number of aliphatic carboxylic acids is 1. The molecule has 8 nitrogen and oxygen atoms in total. The van der Waals surface area contributed by atoms with Gasteiger partial charge in [0.15, 0.2) is 0 Å². The van der Waals surface area contributed by atoms with Crippen molar-refractivity contribution in [3.8, 4) is 5.75 Å². The molecular formula is C10H10FNO7. The fourth-order valence-electron chi connectivity index (χ4n) is 1.47. The smallest absolute Gasteiger partial charge is 0.314 e. The molecule has 1 aromatic carbocycles. The Morgan fingerprint density at radius 1 is 1.42 bits per heavy atom. The van der Waals surface area contributed by atoms with Crippen LogP contribution in [0.2, 0.25) is 0 Å². The maximum absolute atomic E-state index is 13.1. The molecule has 9 heteroatoms. The number of benzene rings is 1. The highest BCUT2D eigenvalue weighted by Gasteiger charge is 2.28. The van der Waals surface area contributed by atoms with Gasteiger partial charge in [0.05, 0.1) is 23.5 Å². The van der Waals surface area contributed by atoms with Crippen LogP contribution in [0.3, 0.4) is 0 Å². The molecule has 19 heavy (non-hydrogen) atoms. The third-order valence-electron chi connectivity index (χ3n) is 2.35. The molecule has 0 radical (unpaired) electrons. The van der Waals surface area contributed by atoms with E-state index in [9.17, 15) is 34.6 Å². The summed E-state index contributed by atoms with van der Waals surface area (Å²) < 4.78 is 13.1. The average molecular weight is 275 g/mol. The molecule has 0 spiro atoms. The number of aliphatic hydroxyl groups excluding tert-OH is 2. The number of hydrogen-bond donors (Lipinski definition) is 4. The molecule has 1 rings (SSSR count). The molecule has 2 atom stereocenters. The molecular weight excluding hydrogens is 265 g/mol. The van der Waals surface area contributed by atoms with E-state index in [1.54, 1.807) is 0 Å². The number of aliphatic hydroxyl groups is 2. The van der Waals surface area contributed by atoms with Crippen molar-refractivity contribution < 1.29 is 34.5 Å². The van der Waals surface area contributed by atoms with Gasteiger partial charge < -0.3 is 20.4 Å². The Bertz CT molecular complexity index is 519. The summed E-state index contributed by atoms with van der Waals surface area (Å²) in [5.74, 6) is -3.57. The number of phenols is 1. The lowest BCUT2D eigenvalue weighted by atomic mass is 10.00. The molecule has 0 aromatic heterocycles. The lowest BCUT2D eigenvalue weighted by Crippen LogP contribution is -2.22. The van der Waals surface area contributed by atoms with Gasteiger partial charge in [0, 0.05) is 5.56 Å². The van der Waals surface area contributed by atoms with Gasteiger partial charge in [-0.25, -0.2) is 4.39 Å². The van der Waals surface area contributed by atoms with Gasteiger partial charge in [-0.15, -0.1) is 0 Å². The number of phenolic OH excluding ortho intramolecular Hbond substituents is 1. The van der Waals surface area contributed by atoms with Crippen LogP contribution in [0.5, 0.6) is 5.75 Å². The van der Waals surface area contributed by atoms with Crippen molar-refractivity contribution in [3.63, 3.8) is 0 Å². The van der Waals surface area contributed by atoms with E-state index in [4.69, 9.17) is 5.11 Å². The summed E-state index contributed by atoms with van der Waals surface area (Å²) >= 11 is 0. The lowest BCUT2D eigenvalue weighted by Gasteiger charge is -2.17. The first-order chi connectivity index (χ1) is 8.73. The van der Waals surface area contributed by atoms with Crippen LogP contribution >= 0.6 is 0 Å². The molecule has 1 aromatic rings. The molecule has 0 bridgehead atoms. The normalized spacial score (nSPS) is 13.8. The fourth-order valence-corrected chi connectivity index (χ4v) is 1.47. The minimum absolute atomic E-state index is 0.440. The number of rotatable bonds is 5. The van der Waals surface area contributed by atoms with Crippen LogP contribution in [0.4, 0.5) is 10.1 Å².